The van der Waals surface area contributed by atoms with Crippen molar-refractivity contribution in [3.05, 3.63) is 30.5 Å². The Balaban J connectivity index is 2.41. The second-order valence-electron chi connectivity index (χ2n) is 2.38. The summed E-state index contributed by atoms with van der Waals surface area (Å²) >= 11 is 0. The molecule has 2 aromatic rings. The maximum atomic E-state index is 12.5. The van der Waals surface area contributed by atoms with Crippen molar-refractivity contribution in [3.63, 3.8) is 0 Å². The SMILES string of the molecule is Nc1ncn(-c2ccc(F)cn2)n1. The molecule has 0 atom stereocenters. The van der Waals surface area contributed by atoms with E-state index < -0.39 is 5.82 Å². The second-order valence-corrected chi connectivity index (χ2v) is 2.38. The summed E-state index contributed by atoms with van der Waals surface area (Å²) in [7, 11) is 0. The van der Waals surface area contributed by atoms with E-state index in [2.05, 4.69) is 15.1 Å². The fourth-order valence-corrected chi connectivity index (χ4v) is 0.890. The number of nitrogen functional groups attached to an aromatic ring is 1. The van der Waals surface area contributed by atoms with Crippen molar-refractivity contribution in [2.45, 2.75) is 0 Å². The van der Waals surface area contributed by atoms with E-state index in [4.69, 9.17) is 5.73 Å². The molecule has 13 heavy (non-hydrogen) atoms. The molecule has 2 aromatic heterocycles. The van der Waals surface area contributed by atoms with E-state index in [9.17, 15) is 4.39 Å². The van der Waals surface area contributed by atoms with E-state index in [-0.39, 0.29) is 5.95 Å². The lowest BCUT2D eigenvalue weighted by atomic mass is 10.4. The molecule has 0 radical (unpaired) electrons. The number of hydrogen-bond donors (Lipinski definition) is 1. The normalized spacial score (nSPS) is 10.2. The van der Waals surface area contributed by atoms with E-state index in [0.29, 0.717) is 5.82 Å². The highest BCUT2D eigenvalue weighted by molar-refractivity contribution is 5.22. The minimum Gasteiger partial charge on any atom is -0.366 e. The van der Waals surface area contributed by atoms with E-state index in [1.807, 2.05) is 0 Å². The lowest BCUT2D eigenvalue weighted by Gasteiger charge is -1.96. The van der Waals surface area contributed by atoms with Gasteiger partial charge in [0.1, 0.15) is 12.1 Å². The maximum absolute atomic E-state index is 12.5. The van der Waals surface area contributed by atoms with Gasteiger partial charge in [-0.2, -0.15) is 0 Å². The van der Waals surface area contributed by atoms with Crippen LogP contribution in [0.5, 0.6) is 0 Å². The number of pyridine rings is 1. The Hall–Kier alpha value is -1.98. The van der Waals surface area contributed by atoms with Gasteiger partial charge in [-0.15, -0.1) is 5.10 Å². The summed E-state index contributed by atoms with van der Waals surface area (Å²) in [6.07, 6.45) is 2.52. The van der Waals surface area contributed by atoms with E-state index >= 15 is 0 Å². The van der Waals surface area contributed by atoms with Gasteiger partial charge in [0.15, 0.2) is 5.82 Å². The van der Waals surface area contributed by atoms with Crippen LogP contribution in [0.15, 0.2) is 24.7 Å². The Morgan fingerprint density at radius 1 is 1.31 bits per heavy atom. The molecule has 66 valence electrons. The number of halogens is 1. The Kier molecular flexibility index (Phi) is 1.66. The van der Waals surface area contributed by atoms with Gasteiger partial charge >= 0.3 is 0 Å². The number of anilines is 1. The van der Waals surface area contributed by atoms with Crippen molar-refractivity contribution in [1.82, 2.24) is 19.7 Å². The van der Waals surface area contributed by atoms with Crippen LogP contribution in [-0.4, -0.2) is 19.7 Å². The molecule has 5 nitrogen and oxygen atoms in total. The van der Waals surface area contributed by atoms with Crippen molar-refractivity contribution in [3.8, 4) is 5.82 Å². The third-order valence-corrected chi connectivity index (χ3v) is 1.46. The summed E-state index contributed by atoms with van der Waals surface area (Å²) in [4.78, 5) is 7.50. The topological polar surface area (TPSA) is 69.6 Å². The van der Waals surface area contributed by atoms with Crippen LogP contribution in [0.1, 0.15) is 0 Å². The minimum atomic E-state index is -0.392. The van der Waals surface area contributed by atoms with Crippen molar-refractivity contribution in [2.75, 3.05) is 5.73 Å². The zero-order valence-corrected chi connectivity index (χ0v) is 6.55. The standard InChI is InChI=1S/C7H6FN5/c8-5-1-2-6(10-3-5)13-4-11-7(9)12-13/h1-4H,(H2,9,12). The predicted molar refractivity (Wildman–Crippen MR) is 43.5 cm³/mol. The summed E-state index contributed by atoms with van der Waals surface area (Å²) in [6.45, 7) is 0. The molecule has 0 fully saturated rings. The van der Waals surface area contributed by atoms with Gasteiger partial charge in [-0.3, -0.25) is 0 Å². The first-order valence-electron chi connectivity index (χ1n) is 3.55. The molecular weight excluding hydrogens is 173 g/mol. The van der Waals surface area contributed by atoms with Crippen LogP contribution in [0.2, 0.25) is 0 Å². The van der Waals surface area contributed by atoms with E-state index in [1.54, 1.807) is 0 Å². The molecule has 2 N–H and O–H groups in total. The quantitative estimate of drug-likeness (QED) is 0.687. The Morgan fingerprint density at radius 2 is 2.15 bits per heavy atom. The molecule has 0 aliphatic heterocycles. The molecule has 0 aliphatic rings. The number of hydrogen-bond acceptors (Lipinski definition) is 4. The highest BCUT2D eigenvalue weighted by atomic mass is 19.1. The number of rotatable bonds is 1. The predicted octanol–water partition coefficient (Wildman–Crippen LogP) is 0.384. The first-order valence-corrected chi connectivity index (χ1v) is 3.55. The van der Waals surface area contributed by atoms with Gasteiger partial charge in [-0.1, -0.05) is 0 Å². The van der Waals surface area contributed by atoms with Gasteiger partial charge < -0.3 is 5.73 Å². The van der Waals surface area contributed by atoms with Gasteiger partial charge in [0, 0.05) is 0 Å². The van der Waals surface area contributed by atoms with Crippen LogP contribution in [0.25, 0.3) is 5.82 Å². The molecule has 0 aromatic carbocycles. The highest BCUT2D eigenvalue weighted by Crippen LogP contribution is 2.03. The average molecular weight is 179 g/mol. The third kappa shape index (κ3) is 1.46. The van der Waals surface area contributed by atoms with Gasteiger partial charge in [0.25, 0.3) is 0 Å². The van der Waals surface area contributed by atoms with Gasteiger partial charge in [-0.25, -0.2) is 19.0 Å². The zero-order valence-electron chi connectivity index (χ0n) is 6.55. The van der Waals surface area contributed by atoms with Gasteiger partial charge in [0.05, 0.1) is 6.20 Å². The molecule has 2 heterocycles. The molecule has 0 spiro atoms. The molecule has 0 unspecified atom stereocenters. The molecule has 0 saturated carbocycles. The fraction of sp³-hybridized carbons (Fsp3) is 0. The summed E-state index contributed by atoms with van der Waals surface area (Å²) in [6, 6.07) is 2.78. The zero-order chi connectivity index (χ0) is 9.26. The molecule has 6 heteroatoms. The van der Waals surface area contributed by atoms with Crippen LogP contribution in [0.4, 0.5) is 10.3 Å². The van der Waals surface area contributed by atoms with Crippen LogP contribution < -0.4 is 5.73 Å². The van der Waals surface area contributed by atoms with Gasteiger partial charge in [-0.05, 0) is 12.1 Å². The first-order chi connectivity index (χ1) is 6.25. The van der Waals surface area contributed by atoms with Crippen LogP contribution in [0.3, 0.4) is 0 Å². The van der Waals surface area contributed by atoms with Crippen LogP contribution in [0, 0.1) is 5.82 Å². The maximum Gasteiger partial charge on any atom is 0.239 e. The molecule has 2 rings (SSSR count). The van der Waals surface area contributed by atoms with Crippen molar-refractivity contribution in [2.24, 2.45) is 0 Å². The van der Waals surface area contributed by atoms with Crippen molar-refractivity contribution < 1.29 is 4.39 Å². The lowest BCUT2D eigenvalue weighted by molar-refractivity contribution is 0.619. The Morgan fingerprint density at radius 3 is 2.69 bits per heavy atom. The monoisotopic (exact) mass is 179 g/mol. The van der Waals surface area contributed by atoms with Crippen LogP contribution >= 0.6 is 0 Å². The number of nitrogens with zero attached hydrogens (tertiary/aromatic N) is 4. The number of nitrogens with two attached hydrogens (primary N) is 1. The lowest BCUT2D eigenvalue weighted by Crippen LogP contribution is -1.98. The Bertz CT molecular complexity index is 407. The first kappa shape index (κ1) is 7.66. The summed E-state index contributed by atoms with van der Waals surface area (Å²) in [5.74, 6) is 0.244. The van der Waals surface area contributed by atoms with Crippen LogP contribution in [-0.2, 0) is 0 Å². The third-order valence-electron chi connectivity index (χ3n) is 1.46. The molecule has 0 saturated heterocycles. The molecule has 0 aliphatic carbocycles. The van der Waals surface area contributed by atoms with E-state index in [1.165, 1.54) is 23.1 Å². The molecular formula is C7H6FN5. The van der Waals surface area contributed by atoms with E-state index in [0.717, 1.165) is 6.20 Å². The summed E-state index contributed by atoms with van der Waals surface area (Å²) < 4.78 is 13.8. The van der Waals surface area contributed by atoms with Gasteiger partial charge in [0.2, 0.25) is 5.95 Å². The highest BCUT2D eigenvalue weighted by Gasteiger charge is 2.00. The van der Waals surface area contributed by atoms with Crippen molar-refractivity contribution in [1.29, 1.82) is 0 Å². The molecule has 0 amide bonds. The minimum absolute atomic E-state index is 0.158. The van der Waals surface area contributed by atoms with Crippen molar-refractivity contribution >= 4 is 5.95 Å². The fourth-order valence-electron chi connectivity index (χ4n) is 0.890. The average Bonchev–Trinajstić information content (AvgIpc) is 2.53. The smallest absolute Gasteiger partial charge is 0.239 e. The number of aromatic nitrogens is 4. The Labute approximate surface area is 73.0 Å². The second kappa shape index (κ2) is 2.81. The summed E-state index contributed by atoms with van der Waals surface area (Å²) in [5, 5.41) is 3.81. The summed E-state index contributed by atoms with van der Waals surface area (Å²) in [5.41, 5.74) is 5.30. The molecule has 0 bridgehead atoms. The largest absolute Gasteiger partial charge is 0.366 e.